The van der Waals surface area contributed by atoms with Gasteiger partial charge in [0.15, 0.2) is 12.4 Å². The van der Waals surface area contributed by atoms with Gasteiger partial charge in [-0.15, -0.1) is 0 Å². The van der Waals surface area contributed by atoms with Gasteiger partial charge in [-0.25, -0.2) is 18.2 Å². The summed E-state index contributed by atoms with van der Waals surface area (Å²) in [4.78, 5) is 34.4. The number of carbonyl (C=O) groups excluding carboxylic acids is 2. The molecule has 2 heterocycles. The highest BCUT2D eigenvalue weighted by atomic mass is 19.1. The second-order valence-electron chi connectivity index (χ2n) is 10.9. The third-order valence-corrected chi connectivity index (χ3v) is 7.90. The first kappa shape index (κ1) is 30.1. The highest BCUT2D eigenvalue weighted by molar-refractivity contribution is 5.96. The summed E-state index contributed by atoms with van der Waals surface area (Å²) in [5, 5.41) is 10.7. The largest absolute Gasteiger partial charge is 0.484 e. The van der Waals surface area contributed by atoms with Crippen molar-refractivity contribution in [1.82, 2.24) is 14.9 Å². The minimum Gasteiger partial charge on any atom is -0.484 e. The fourth-order valence-corrected chi connectivity index (χ4v) is 5.08. The Morgan fingerprint density at radius 1 is 1.12 bits per heavy atom. The third-order valence-electron chi connectivity index (χ3n) is 7.90. The molecule has 3 aromatic rings. The monoisotopic (exact) mass is 570 g/mol. The number of amides is 1. The number of carbonyl (C=O) groups is 2. The predicted molar refractivity (Wildman–Crippen MR) is 146 cm³/mol. The van der Waals surface area contributed by atoms with Gasteiger partial charge in [0.1, 0.15) is 34.6 Å². The molecule has 41 heavy (non-hydrogen) atoms. The minimum absolute atomic E-state index is 0.0142. The van der Waals surface area contributed by atoms with Crippen LogP contribution in [0.4, 0.5) is 13.2 Å². The molecular weight excluding hydrogens is 537 g/mol. The van der Waals surface area contributed by atoms with Crippen LogP contribution in [0.2, 0.25) is 0 Å². The van der Waals surface area contributed by atoms with Crippen LogP contribution in [0.1, 0.15) is 54.2 Å². The molecule has 11 heteroatoms. The molecule has 0 unspecified atom stereocenters. The van der Waals surface area contributed by atoms with E-state index in [9.17, 15) is 27.9 Å². The first-order valence-corrected chi connectivity index (χ1v) is 13.2. The van der Waals surface area contributed by atoms with Crippen molar-refractivity contribution in [3.63, 3.8) is 0 Å². The van der Waals surface area contributed by atoms with Crippen LogP contribution in [-0.2, 0) is 11.2 Å². The van der Waals surface area contributed by atoms with Crippen LogP contribution < -0.4 is 10.5 Å². The van der Waals surface area contributed by atoms with Crippen molar-refractivity contribution < 1.29 is 32.6 Å². The van der Waals surface area contributed by atoms with Crippen molar-refractivity contribution in [2.24, 2.45) is 11.7 Å². The summed E-state index contributed by atoms with van der Waals surface area (Å²) in [5.74, 6) is -4.61. The van der Waals surface area contributed by atoms with E-state index in [1.165, 1.54) is 19.0 Å². The number of rotatable bonds is 8. The van der Waals surface area contributed by atoms with Gasteiger partial charge < -0.3 is 20.5 Å². The Bertz CT molecular complexity index is 1430. The van der Waals surface area contributed by atoms with E-state index in [0.29, 0.717) is 18.4 Å². The van der Waals surface area contributed by atoms with Gasteiger partial charge in [0.05, 0.1) is 11.2 Å². The number of benzene rings is 1. The van der Waals surface area contributed by atoms with E-state index in [-0.39, 0.29) is 29.7 Å². The lowest BCUT2D eigenvalue weighted by molar-refractivity contribution is -0.130. The van der Waals surface area contributed by atoms with Crippen molar-refractivity contribution in [1.29, 1.82) is 0 Å². The van der Waals surface area contributed by atoms with Crippen LogP contribution in [0.15, 0.2) is 42.7 Å². The normalized spacial score (nSPS) is 22.3. The molecule has 1 saturated carbocycles. The Labute approximate surface area is 236 Å². The Morgan fingerprint density at radius 2 is 1.80 bits per heavy atom. The SMILES string of the molecule is C[C@H]1C[C@@H](c2ccncc2CC(=O)c2ccc(F)c(-c3c(F)cc(OCC(=O)N(C)C)cc3F)n2)C[C@@H](N)[C@]1(C)O. The highest BCUT2D eigenvalue weighted by Gasteiger charge is 2.42. The van der Waals surface area contributed by atoms with Crippen LogP contribution in [0.25, 0.3) is 11.3 Å². The summed E-state index contributed by atoms with van der Waals surface area (Å²) in [5.41, 5.74) is 5.16. The van der Waals surface area contributed by atoms with Gasteiger partial charge in [0.25, 0.3) is 5.91 Å². The van der Waals surface area contributed by atoms with E-state index in [0.717, 1.165) is 29.8 Å². The molecule has 1 fully saturated rings. The molecule has 4 atom stereocenters. The lowest BCUT2D eigenvalue weighted by atomic mass is 9.67. The van der Waals surface area contributed by atoms with Crippen molar-refractivity contribution in [2.45, 2.75) is 50.7 Å². The number of ether oxygens (including phenoxy) is 1. The maximum Gasteiger partial charge on any atom is 0.259 e. The first-order valence-electron chi connectivity index (χ1n) is 13.2. The third kappa shape index (κ3) is 6.41. The van der Waals surface area contributed by atoms with Crippen molar-refractivity contribution in [2.75, 3.05) is 20.7 Å². The number of ketones is 1. The number of nitrogens with zero attached hydrogens (tertiary/aromatic N) is 3. The van der Waals surface area contributed by atoms with E-state index in [4.69, 9.17) is 10.5 Å². The summed E-state index contributed by atoms with van der Waals surface area (Å²) >= 11 is 0. The fraction of sp³-hybridized carbons (Fsp3) is 0.400. The topological polar surface area (TPSA) is 119 Å². The molecule has 0 bridgehead atoms. The Hall–Kier alpha value is -3.83. The molecule has 1 amide bonds. The van der Waals surface area contributed by atoms with Crippen LogP contribution in [0.3, 0.4) is 0 Å². The standard InChI is InChI=1S/C30H33F3N4O4/c1-16-9-17(11-26(34)30(16,2)40)20-7-8-35-14-18(20)10-25(38)24-6-5-21(31)29(36-24)28-22(32)12-19(13-23(28)33)41-15-27(39)37(3)4/h5-8,12-14,16-17,26,40H,9-11,15,34H2,1-4H3/t16-,17+,26+,30+/m0/s1. The van der Waals surface area contributed by atoms with Crippen LogP contribution in [0, 0.1) is 23.4 Å². The van der Waals surface area contributed by atoms with Gasteiger partial charge >= 0.3 is 0 Å². The molecule has 218 valence electrons. The van der Waals surface area contributed by atoms with Crippen molar-refractivity contribution in [3.8, 4) is 17.0 Å². The molecule has 8 nitrogen and oxygen atoms in total. The first-order chi connectivity index (χ1) is 19.3. The number of hydrogen-bond donors (Lipinski definition) is 2. The Morgan fingerprint density at radius 3 is 2.44 bits per heavy atom. The van der Waals surface area contributed by atoms with Crippen LogP contribution in [-0.4, -0.2) is 64.0 Å². The molecular formula is C30H33F3N4O4. The molecule has 0 aliphatic heterocycles. The van der Waals surface area contributed by atoms with E-state index < -0.39 is 58.6 Å². The van der Waals surface area contributed by atoms with Gasteiger partial charge in [0.2, 0.25) is 0 Å². The zero-order valence-corrected chi connectivity index (χ0v) is 23.3. The summed E-state index contributed by atoms with van der Waals surface area (Å²) in [6.45, 7) is 3.22. The van der Waals surface area contributed by atoms with Gasteiger partial charge in [-0.05, 0) is 60.9 Å². The number of halogens is 3. The fourth-order valence-electron chi connectivity index (χ4n) is 5.08. The number of aromatic nitrogens is 2. The van der Waals surface area contributed by atoms with E-state index in [1.807, 2.05) is 13.0 Å². The van der Waals surface area contributed by atoms with Crippen LogP contribution in [0.5, 0.6) is 5.75 Å². The summed E-state index contributed by atoms with van der Waals surface area (Å²) in [6.07, 6.45) is 4.24. The average molecular weight is 571 g/mol. The summed E-state index contributed by atoms with van der Waals surface area (Å²) < 4.78 is 49.9. The van der Waals surface area contributed by atoms with Gasteiger partial charge in [-0.1, -0.05) is 6.92 Å². The average Bonchev–Trinajstić information content (AvgIpc) is 2.91. The van der Waals surface area contributed by atoms with Gasteiger partial charge in [-0.2, -0.15) is 0 Å². The van der Waals surface area contributed by atoms with E-state index in [1.54, 1.807) is 19.3 Å². The zero-order chi connectivity index (χ0) is 30.1. The molecule has 1 aromatic carbocycles. The smallest absolute Gasteiger partial charge is 0.259 e. The maximum atomic E-state index is 15.0. The van der Waals surface area contributed by atoms with Gasteiger partial charge in [0, 0.05) is 51.1 Å². The number of Topliss-reactive ketones (excluding diaryl/α,β-unsaturated/α-hetero) is 1. The Balaban J connectivity index is 1.58. The number of hydrogen-bond acceptors (Lipinski definition) is 7. The van der Waals surface area contributed by atoms with E-state index >= 15 is 0 Å². The molecule has 3 N–H and O–H groups in total. The number of likely N-dealkylation sites (N-methyl/N-ethyl adjacent to an activating group) is 1. The number of aliphatic hydroxyl groups is 1. The Kier molecular flexibility index (Phi) is 8.79. The van der Waals surface area contributed by atoms with Crippen LogP contribution >= 0.6 is 0 Å². The molecule has 4 rings (SSSR count). The maximum absolute atomic E-state index is 15.0. The lowest BCUT2D eigenvalue weighted by Crippen LogP contribution is -2.54. The molecule has 1 aliphatic rings. The molecule has 0 spiro atoms. The quantitative estimate of drug-likeness (QED) is 0.393. The predicted octanol–water partition coefficient (Wildman–Crippen LogP) is 4.05. The number of pyridine rings is 2. The summed E-state index contributed by atoms with van der Waals surface area (Å²) in [7, 11) is 3.01. The van der Waals surface area contributed by atoms with Gasteiger partial charge in [-0.3, -0.25) is 14.6 Å². The summed E-state index contributed by atoms with van der Waals surface area (Å²) in [6, 6.07) is 5.11. The van der Waals surface area contributed by atoms with E-state index in [2.05, 4.69) is 9.97 Å². The minimum atomic E-state index is -1.17. The van der Waals surface area contributed by atoms with Crippen molar-refractivity contribution >= 4 is 11.7 Å². The number of nitrogens with two attached hydrogens (primary N) is 1. The highest BCUT2D eigenvalue weighted by Crippen LogP contribution is 2.42. The second-order valence-corrected chi connectivity index (χ2v) is 10.9. The lowest BCUT2D eigenvalue weighted by Gasteiger charge is -2.44. The zero-order valence-electron chi connectivity index (χ0n) is 23.3. The molecule has 1 aliphatic carbocycles. The molecule has 2 aromatic heterocycles. The second kappa shape index (κ2) is 12.0. The molecule has 0 radical (unpaired) electrons. The van der Waals surface area contributed by atoms with Crippen molar-refractivity contribution in [3.05, 3.63) is 77.0 Å². The molecule has 0 saturated heterocycles.